The Morgan fingerprint density at radius 1 is 1.50 bits per heavy atom. The second kappa shape index (κ2) is 5.56. The van der Waals surface area contributed by atoms with Crippen LogP contribution in [-0.2, 0) is 9.53 Å². The topological polar surface area (TPSA) is 38.3 Å². The normalized spacial score (nSPS) is 21.5. The van der Waals surface area contributed by atoms with Gasteiger partial charge in [-0.15, -0.1) is 12.4 Å². The average Bonchev–Trinajstić information content (AvgIpc) is 2.34. The number of hydrogen-bond donors (Lipinski definition) is 1. The van der Waals surface area contributed by atoms with Gasteiger partial charge < -0.3 is 10.1 Å². The second-order valence-corrected chi connectivity index (χ2v) is 4.65. The minimum atomic E-state index is -0.344. The summed E-state index contributed by atoms with van der Waals surface area (Å²) < 4.78 is 5.23. The molecule has 0 saturated carbocycles. The van der Waals surface area contributed by atoms with Crippen LogP contribution in [0.1, 0.15) is 33.6 Å². The summed E-state index contributed by atoms with van der Waals surface area (Å²) in [5, 5.41) is 3.23. The van der Waals surface area contributed by atoms with E-state index in [9.17, 15) is 4.79 Å². The number of carbonyl (C=O) groups is 1. The summed E-state index contributed by atoms with van der Waals surface area (Å²) in [5.41, 5.74) is -0.344. The van der Waals surface area contributed by atoms with Crippen LogP contribution in [0.3, 0.4) is 0 Å². The summed E-state index contributed by atoms with van der Waals surface area (Å²) in [6.45, 7) is 7.69. The number of ether oxygens (including phenoxy) is 1. The summed E-state index contributed by atoms with van der Waals surface area (Å²) in [4.78, 5) is 11.4. The Morgan fingerprint density at radius 2 is 2.14 bits per heavy atom. The quantitative estimate of drug-likeness (QED) is 0.723. The smallest absolute Gasteiger partial charge is 0.306 e. The Labute approximate surface area is 92.0 Å². The van der Waals surface area contributed by atoms with Gasteiger partial charge >= 0.3 is 5.97 Å². The Kier molecular flexibility index (Phi) is 5.45. The molecule has 0 aromatic rings. The van der Waals surface area contributed by atoms with Crippen LogP contribution in [0.2, 0.25) is 0 Å². The molecule has 0 amide bonds. The lowest BCUT2D eigenvalue weighted by Crippen LogP contribution is -2.25. The fourth-order valence-corrected chi connectivity index (χ4v) is 1.51. The van der Waals surface area contributed by atoms with E-state index in [1.165, 1.54) is 0 Å². The van der Waals surface area contributed by atoms with Crippen molar-refractivity contribution in [2.24, 2.45) is 5.92 Å². The lowest BCUT2D eigenvalue weighted by atomic mass is 10.1. The van der Waals surface area contributed by atoms with Gasteiger partial charge in [-0.1, -0.05) is 0 Å². The van der Waals surface area contributed by atoms with Crippen LogP contribution < -0.4 is 5.32 Å². The van der Waals surface area contributed by atoms with Gasteiger partial charge in [0.25, 0.3) is 0 Å². The van der Waals surface area contributed by atoms with Crippen molar-refractivity contribution in [3.63, 3.8) is 0 Å². The van der Waals surface area contributed by atoms with Crippen LogP contribution in [0, 0.1) is 5.92 Å². The summed E-state index contributed by atoms with van der Waals surface area (Å²) >= 11 is 0. The third kappa shape index (κ3) is 5.45. The Hall–Kier alpha value is -0.280. The van der Waals surface area contributed by atoms with Gasteiger partial charge in [0.15, 0.2) is 0 Å². The maximum atomic E-state index is 11.4. The number of esters is 1. The van der Waals surface area contributed by atoms with Gasteiger partial charge in [-0.25, -0.2) is 0 Å². The molecule has 1 atom stereocenters. The highest BCUT2D eigenvalue weighted by Crippen LogP contribution is 2.15. The molecule has 0 spiro atoms. The predicted molar refractivity (Wildman–Crippen MR) is 58.7 cm³/mol. The van der Waals surface area contributed by atoms with E-state index >= 15 is 0 Å². The average molecular weight is 222 g/mol. The fraction of sp³-hybridized carbons (Fsp3) is 0.900. The zero-order chi connectivity index (χ0) is 9.90. The van der Waals surface area contributed by atoms with Gasteiger partial charge in [0, 0.05) is 6.42 Å². The van der Waals surface area contributed by atoms with E-state index in [-0.39, 0.29) is 24.0 Å². The largest absolute Gasteiger partial charge is 0.460 e. The molecule has 14 heavy (non-hydrogen) atoms. The number of hydrogen-bond acceptors (Lipinski definition) is 3. The van der Waals surface area contributed by atoms with E-state index in [0.717, 1.165) is 19.5 Å². The molecule has 1 N–H and O–H groups in total. The van der Waals surface area contributed by atoms with Crippen LogP contribution in [-0.4, -0.2) is 24.7 Å². The van der Waals surface area contributed by atoms with Crippen molar-refractivity contribution in [1.29, 1.82) is 0 Å². The summed E-state index contributed by atoms with van der Waals surface area (Å²) in [5.74, 6) is 0.413. The molecule has 4 heteroatoms. The van der Waals surface area contributed by atoms with E-state index in [2.05, 4.69) is 5.32 Å². The van der Waals surface area contributed by atoms with Crippen LogP contribution in [0.4, 0.5) is 0 Å². The zero-order valence-corrected chi connectivity index (χ0v) is 9.95. The van der Waals surface area contributed by atoms with Crippen LogP contribution in [0.25, 0.3) is 0 Å². The molecule has 1 fully saturated rings. The van der Waals surface area contributed by atoms with E-state index in [1.807, 2.05) is 20.8 Å². The SMILES string of the molecule is CC(C)(C)OC(=O)C[C@H]1CCNC1.Cl. The van der Waals surface area contributed by atoms with E-state index in [4.69, 9.17) is 4.74 Å². The number of carbonyl (C=O) groups excluding carboxylic acids is 1. The molecule has 1 aliphatic heterocycles. The lowest BCUT2D eigenvalue weighted by molar-refractivity contribution is -0.155. The fourth-order valence-electron chi connectivity index (χ4n) is 1.51. The van der Waals surface area contributed by atoms with Crippen LogP contribution >= 0.6 is 12.4 Å². The third-order valence-corrected chi connectivity index (χ3v) is 2.04. The van der Waals surface area contributed by atoms with Gasteiger partial charge in [-0.2, -0.15) is 0 Å². The van der Waals surface area contributed by atoms with Crippen molar-refractivity contribution in [3.8, 4) is 0 Å². The first kappa shape index (κ1) is 13.7. The summed E-state index contributed by atoms with van der Waals surface area (Å²) in [7, 11) is 0. The van der Waals surface area contributed by atoms with Gasteiger partial charge in [-0.05, 0) is 46.2 Å². The highest BCUT2D eigenvalue weighted by Gasteiger charge is 2.22. The molecule has 0 aliphatic carbocycles. The van der Waals surface area contributed by atoms with Crippen molar-refractivity contribution in [1.82, 2.24) is 5.32 Å². The second-order valence-electron chi connectivity index (χ2n) is 4.65. The van der Waals surface area contributed by atoms with Gasteiger partial charge in [0.05, 0.1) is 0 Å². The third-order valence-electron chi connectivity index (χ3n) is 2.04. The number of nitrogens with one attached hydrogen (secondary N) is 1. The minimum Gasteiger partial charge on any atom is -0.460 e. The number of halogens is 1. The Balaban J connectivity index is 0.00000169. The summed E-state index contributed by atoms with van der Waals surface area (Å²) in [6, 6.07) is 0. The predicted octanol–water partition coefficient (Wildman–Crippen LogP) is 1.75. The lowest BCUT2D eigenvalue weighted by Gasteiger charge is -2.20. The summed E-state index contributed by atoms with van der Waals surface area (Å²) in [6.07, 6.45) is 1.66. The van der Waals surface area contributed by atoms with Crippen molar-refractivity contribution in [3.05, 3.63) is 0 Å². The number of rotatable bonds is 2. The Morgan fingerprint density at radius 3 is 2.57 bits per heavy atom. The molecule has 0 radical (unpaired) electrons. The van der Waals surface area contributed by atoms with Gasteiger partial charge in [-0.3, -0.25) is 4.79 Å². The monoisotopic (exact) mass is 221 g/mol. The molecule has 1 aliphatic rings. The van der Waals surface area contributed by atoms with Crippen LogP contribution in [0.15, 0.2) is 0 Å². The highest BCUT2D eigenvalue weighted by atomic mass is 35.5. The van der Waals surface area contributed by atoms with Gasteiger partial charge in [0.1, 0.15) is 5.60 Å². The highest BCUT2D eigenvalue weighted by molar-refractivity contribution is 5.85. The molecular weight excluding hydrogens is 202 g/mol. The first-order valence-corrected chi connectivity index (χ1v) is 4.90. The molecule has 3 nitrogen and oxygen atoms in total. The van der Waals surface area contributed by atoms with Crippen molar-refractivity contribution in [2.45, 2.75) is 39.2 Å². The van der Waals surface area contributed by atoms with Crippen molar-refractivity contribution < 1.29 is 9.53 Å². The first-order valence-electron chi connectivity index (χ1n) is 4.90. The Bertz CT molecular complexity index is 183. The molecule has 0 aromatic heterocycles. The molecule has 84 valence electrons. The minimum absolute atomic E-state index is 0. The van der Waals surface area contributed by atoms with E-state index < -0.39 is 0 Å². The molecule has 0 aromatic carbocycles. The van der Waals surface area contributed by atoms with E-state index in [0.29, 0.717) is 12.3 Å². The zero-order valence-electron chi connectivity index (χ0n) is 9.13. The standard InChI is InChI=1S/C10H19NO2.ClH/c1-10(2,3)13-9(12)6-8-4-5-11-7-8;/h8,11H,4-7H2,1-3H3;1H/t8-;/m1./s1. The molecule has 1 heterocycles. The van der Waals surface area contributed by atoms with Crippen LogP contribution in [0.5, 0.6) is 0 Å². The molecule has 0 bridgehead atoms. The van der Waals surface area contributed by atoms with Crippen molar-refractivity contribution >= 4 is 18.4 Å². The molecule has 1 saturated heterocycles. The van der Waals surface area contributed by atoms with Gasteiger partial charge in [0.2, 0.25) is 0 Å². The molecular formula is C10H20ClNO2. The molecule has 1 rings (SSSR count). The maximum Gasteiger partial charge on any atom is 0.306 e. The maximum absolute atomic E-state index is 11.4. The van der Waals surface area contributed by atoms with Crippen molar-refractivity contribution in [2.75, 3.05) is 13.1 Å². The first-order chi connectivity index (χ1) is 5.97. The van der Waals surface area contributed by atoms with E-state index in [1.54, 1.807) is 0 Å². The molecule has 0 unspecified atom stereocenters.